The molecule has 1 aromatic carbocycles. The molecule has 1 heterocycles. The van der Waals surface area contributed by atoms with Gasteiger partial charge in [-0.25, -0.2) is 9.37 Å². The molecular weight excluding hydrogens is 335 g/mol. The Morgan fingerprint density at radius 2 is 2.19 bits per heavy atom. The lowest BCUT2D eigenvalue weighted by Gasteiger charge is -2.05. The fourth-order valence-electron chi connectivity index (χ4n) is 2.00. The molecule has 0 aliphatic carbocycles. The zero-order chi connectivity index (χ0) is 15.2. The van der Waals surface area contributed by atoms with Gasteiger partial charge in [-0.3, -0.25) is 0 Å². The molecule has 0 saturated heterocycles. The SMILES string of the molecule is CC(C)CNCCCc1ncc(-c2ccc(F)cc2Br)o1. The van der Waals surface area contributed by atoms with E-state index in [0.717, 1.165) is 31.5 Å². The maximum Gasteiger partial charge on any atom is 0.194 e. The fraction of sp³-hybridized carbons (Fsp3) is 0.438. The molecule has 21 heavy (non-hydrogen) atoms. The summed E-state index contributed by atoms with van der Waals surface area (Å²) in [6.07, 6.45) is 3.47. The van der Waals surface area contributed by atoms with Crippen LogP contribution in [0.1, 0.15) is 26.2 Å². The second kappa shape index (κ2) is 7.71. The molecule has 0 unspecified atom stereocenters. The molecule has 1 aromatic heterocycles. The average molecular weight is 355 g/mol. The van der Waals surface area contributed by atoms with Gasteiger partial charge >= 0.3 is 0 Å². The summed E-state index contributed by atoms with van der Waals surface area (Å²) in [5.74, 6) is 1.76. The highest BCUT2D eigenvalue weighted by Crippen LogP contribution is 2.29. The normalized spacial score (nSPS) is 11.3. The van der Waals surface area contributed by atoms with E-state index in [1.165, 1.54) is 12.1 Å². The van der Waals surface area contributed by atoms with Crippen LogP contribution < -0.4 is 5.32 Å². The van der Waals surface area contributed by atoms with Gasteiger partial charge in [-0.2, -0.15) is 0 Å². The van der Waals surface area contributed by atoms with Crippen LogP contribution in [0.4, 0.5) is 4.39 Å². The Morgan fingerprint density at radius 1 is 1.38 bits per heavy atom. The number of hydrogen-bond donors (Lipinski definition) is 1. The number of oxazole rings is 1. The van der Waals surface area contributed by atoms with Crippen LogP contribution in [0.15, 0.2) is 33.3 Å². The molecule has 0 aliphatic rings. The van der Waals surface area contributed by atoms with E-state index in [4.69, 9.17) is 4.42 Å². The average Bonchev–Trinajstić information content (AvgIpc) is 2.86. The molecule has 0 fully saturated rings. The lowest BCUT2D eigenvalue weighted by molar-refractivity contribution is 0.483. The zero-order valence-corrected chi connectivity index (χ0v) is 13.9. The highest BCUT2D eigenvalue weighted by Gasteiger charge is 2.10. The lowest BCUT2D eigenvalue weighted by Crippen LogP contribution is -2.21. The summed E-state index contributed by atoms with van der Waals surface area (Å²) in [5.41, 5.74) is 0.813. The van der Waals surface area contributed by atoms with Crippen LogP contribution in [0.5, 0.6) is 0 Å². The Bertz CT molecular complexity index is 583. The first kappa shape index (κ1) is 16.2. The quantitative estimate of drug-likeness (QED) is 0.747. The van der Waals surface area contributed by atoms with Crippen LogP contribution in [0.3, 0.4) is 0 Å². The number of halogens is 2. The van der Waals surface area contributed by atoms with Crippen molar-refractivity contribution in [3.63, 3.8) is 0 Å². The number of nitrogens with one attached hydrogen (secondary N) is 1. The van der Waals surface area contributed by atoms with E-state index >= 15 is 0 Å². The Hall–Kier alpha value is -1.20. The van der Waals surface area contributed by atoms with Crippen molar-refractivity contribution in [1.82, 2.24) is 10.3 Å². The number of rotatable bonds is 7. The lowest BCUT2D eigenvalue weighted by atomic mass is 10.2. The van der Waals surface area contributed by atoms with Crippen LogP contribution in [0, 0.1) is 11.7 Å². The van der Waals surface area contributed by atoms with Crippen LogP contribution >= 0.6 is 15.9 Å². The third-order valence-corrected chi connectivity index (χ3v) is 3.70. The molecule has 2 aromatic rings. The van der Waals surface area contributed by atoms with Crippen LogP contribution in [0.2, 0.25) is 0 Å². The Labute approximate surface area is 133 Å². The molecule has 5 heteroatoms. The molecule has 0 radical (unpaired) electrons. The third-order valence-electron chi connectivity index (χ3n) is 3.05. The summed E-state index contributed by atoms with van der Waals surface area (Å²) in [4.78, 5) is 4.28. The molecule has 0 aliphatic heterocycles. The molecule has 0 bridgehead atoms. The smallest absolute Gasteiger partial charge is 0.194 e. The van der Waals surface area contributed by atoms with Gasteiger partial charge in [-0.05, 0) is 59.6 Å². The van der Waals surface area contributed by atoms with E-state index in [2.05, 4.69) is 40.1 Å². The Balaban J connectivity index is 1.89. The van der Waals surface area contributed by atoms with Crippen LogP contribution in [0.25, 0.3) is 11.3 Å². The highest BCUT2D eigenvalue weighted by atomic mass is 79.9. The van der Waals surface area contributed by atoms with E-state index in [-0.39, 0.29) is 5.82 Å². The topological polar surface area (TPSA) is 38.1 Å². The van der Waals surface area contributed by atoms with Crippen molar-refractivity contribution < 1.29 is 8.81 Å². The molecule has 0 spiro atoms. The molecule has 114 valence electrons. The first-order chi connectivity index (χ1) is 10.1. The summed E-state index contributed by atoms with van der Waals surface area (Å²) < 4.78 is 19.5. The minimum absolute atomic E-state index is 0.276. The van der Waals surface area contributed by atoms with Crippen molar-refractivity contribution in [2.75, 3.05) is 13.1 Å². The van der Waals surface area contributed by atoms with Crippen molar-refractivity contribution >= 4 is 15.9 Å². The van der Waals surface area contributed by atoms with Gasteiger partial charge in [-0.1, -0.05) is 13.8 Å². The van der Waals surface area contributed by atoms with Crippen molar-refractivity contribution in [1.29, 1.82) is 0 Å². The van der Waals surface area contributed by atoms with Crippen molar-refractivity contribution in [2.45, 2.75) is 26.7 Å². The molecular formula is C16H20BrFN2O. The largest absolute Gasteiger partial charge is 0.441 e. The van der Waals surface area contributed by atoms with Crippen molar-refractivity contribution in [3.8, 4) is 11.3 Å². The van der Waals surface area contributed by atoms with Gasteiger partial charge < -0.3 is 9.73 Å². The fourth-order valence-corrected chi connectivity index (χ4v) is 2.54. The monoisotopic (exact) mass is 354 g/mol. The number of aryl methyl sites for hydroxylation is 1. The first-order valence-electron chi connectivity index (χ1n) is 7.17. The Kier molecular flexibility index (Phi) is 5.94. The predicted molar refractivity (Wildman–Crippen MR) is 85.6 cm³/mol. The predicted octanol–water partition coefficient (Wildman–Crippen LogP) is 4.42. The van der Waals surface area contributed by atoms with Crippen molar-refractivity contribution in [2.24, 2.45) is 5.92 Å². The van der Waals surface area contributed by atoms with Gasteiger partial charge in [0.25, 0.3) is 0 Å². The maximum absolute atomic E-state index is 13.1. The van der Waals surface area contributed by atoms with Crippen LogP contribution in [-0.4, -0.2) is 18.1 Å². The third kappa shape index (κ3) is 4.93. The summed E-state index contributed by atoms with van der Waals surface area (Å²) in [6.45, 7) is 6.36. The molecule has 0 amide bonds. The van der Waals surface area contributed by atoms with Gasteiger partial charge in [0.2, 0.25) is 0 Å². The molecule has 0 atom stereocenters. The first-order valence-corrected chi connectivity index (χ1v) is 7.96. The van der Waals surface area contributed by atoms with Gasteiger partial charge in [0.1, 0.15) is 5.82 Å². The van der Waals surface area contributed by atoms with E-state index < -0.39 is 0 Å². The summed E-state index contributed by atoms with van der Waals surface area (Å²) in [5, 5.41) is 3.39. The maximum atomic E-state index is 13.1. The summed E-state index contributed by atoms with van der Waals surface area (Å²) in [6, 6.07) is 4.53. The molecule has 1 N–H and O–H groups in total. The minimum Gasteiger partial charge on any atom is -0.441 e. The molecule has 3 nitrogen and oxygen atoms in total. The number of aromatic nitrogens is 1. The minimum atomic E-state index is -0.276. The van der Waals surface area contributed by atoms with Gasteiger partial charge in [0.05, 0.1) is 6.20 Å². The second-order valence-electron chi connectivity index (χ2n) is 5.44. The zero-order valence-electron chi connectivity index (χ0n) is 12.3. The number of nitrogens with zero attached hydrogens (tertiary/aromatic N) is 1. The number of benzene rings is 1. The highest BCUT2D eigenvalue weighted by molar-refractivity contribution is 9.10. The van der Waals surface area contributed by atoms with E-state index in [0.29, 0.717) is 22.0 Å². The van der Waals surface area contributed by atoms with Gasteiger partial charge in [0, 0.05) is 16.5 Å². The number of hydrogen-bond acceptors (Lipinski definition) is 3. The second-order valence-corrected chi connectivity index (χ2v) is 6.30. The van der Waals surface area contributed by atoms with E-state index in [1.807, 2.05) is 0 Å². The Morgan fingerprint density at radius 3 is 2.90 bits per heavy atom. The van der Waals surface area contributed by atoms with Gasteiger partial charge in [-0.15, -0.1) is 0 Å². The summed E-state index contributed by atoms with van der Waals surface area (Å²) >= 11 is 3.34. The standard InChI is InChI=1S/C16H20BrFN2O/c1-11(2)9-19-7-3-4-16-20-10-15(21-16)13-6-5-12(18)8-14(13)17/h5-6,8,10-11,19H,3-4,7,9H2,1-2H3. The van der Waals surface area contributed by atoms with E-state index in [1.54, 1.807) is 12.3 Å². The van der Waals surface area contributed by atoms with Gasteiger partial charge in [0.15, 0.2) is 11.7 Å². The summed E-state index contributed by atoms with van der Waals surface area (Å²) in [7, 11) is 0. The van der Waals surface area contributed by atoms with Crippen molar-refractivity contribution in [3.05, 3.63) is 40.6 Å². The van der Waals surface area contributed by atoms with Crippen LogP contribution in [-0.2, 0) is 6.42 Å². The molecule has 2 rings (SSSR count). The van der Waals surface area contributed by atoms with E-state index in [9.17, 15) is 4.39 Å². The molecule has 0 saturated carbocycles.